The highest BCUT2D eigenvalue weighted by atomic mass is 79.9. The minimum absolute atomic E-state index is 0.425. The molecule has 72 valence electrons. The molecule has 2 nitrogen and oxygen atoms in total. The van der Waals surface area contributed by atoms with Gasteiger partial charge in [-0.3, -0.25) is 4.90 Å². The van der Waals surface area contributed by atoms with Crippen LogP contribution in [0.25, 0.3) is 0 Å². The molecule has 1 saturated heterocycles. The van der Waals surface area contributed by atoms with Crippen molar-refractivity contribution in [3.05, 3.63) is 20.8 Å². The maximum Gasteiger partial charge on any atom is 0.0489 e. The van der Waals surface area contributed by atoms with Gasteiger partial charge in [-0.15, -0.1) is 0 Å². The highest BCUT2D eigenvalue weighted by Crippen LogP contribution is 2.32. The molecule has 2 N–H and O–H groups in total. The third-order valence-corrected chi connectivity index (χ3v) is 4.31. The first-order chi connectivity index (χ1) is 6.33. The Hall–Kier alpha value is 0.1000. The lowest BCUT2D eigenvalue weighted by molar-refractivity contribution is 0.122. The Labute approximate surface area is 90.9 Å². The number of nitrogens with two attached hydrogens (primary N) is 1. The minimum atomic E-state index is 0.425. The van der Waals surface area contributed by atoms with E-state index < -0.39 is 0 Å². The number of thiophene rings is 1. The van der Waals surface area contributed by atoms with Crippen LogP contribution in [0.15, 0.2) is 15.2 Å². The lowest BCUT2D eigenvalue weighted by atomic mass is 10.1. The van der Waals surface area contributed by atoms with Crippen molar-refractivity contribution in [2.45, 2.75) is 12.5 Å². The molecule has 1 unspecified atom stereocenters. The topological polar surface area (TPSA) is 29.3 Å². The number of nitrogens with zero attached hydrogens (tertiary/aromatic N) is 1. The van der Waals surface area contributed by atoms with Gasteiger partial charge in [-0.2, -0.15) is 11.3 Å². The lowest BCUT2D eigenvalue weighted by Crippen LogP contribution is -2.43. The standard InChI is InChI=1S/C9H13BrN2S/c10-8-6-13-5-7(8)9(4-11)12-2-1-3-12/h5-6,9H,1-4,11H2. The van der Waals surface area contributed by atoms with Crippen LogP contribution in [0, 0.1) is 0 Å². The normalized spacial score (nSPS) is 19.8. The molecule has 2 rings (SSSR count). The first-order valence-electron chi connectivity index (χ1n) is 4.48. The van der Waals surface area contributed by atoms with Crippen LogP contribution in [-0.4, -0.2) is 24.5 Å². The Morgan fingerprint density at radius 3 is 2.69 bits per heavy atom. The predicted molar refractivity (Wildman–Crippen MR) is 60.0 cm³/mol. The third-order valence-electron chi connectivity index (χ3n) is 2.56. The van der Waals surface area contributed by atoms with Crippen LogP contribution >= 0.6 is 27.3 Å². The van der Waals surface area contributed by atoms with Crippen LogP contribution in [0.5, 0.6) is 0 Å². The van der Waals surface area contributed by atoms with Gasteiger partial charge in [-0.05, 0) is 33.3 Å². The Bertz CT molecular complexity index is 283. The summed E-state index contributed by atoms with van der Waals surface area (Å²) in [6.07, 6.45) is 1.32. The van der Waals surface area contributed by atoms with E-state index >= 15 is 0 Å². The first kappa shape index (κ1) is 9.65. The Morgan fingerprint density at radius 1 is 1.54 bits per heavy atom. The van der Waals surface area contributed by atoms with Crippen molar-refractivity contribution in [2.24, 2.45) is 5.73 Å². The largest absolute Gasteiger partial charge is 0.329 e. The summed E-state index contributed by atoms with van der Waals surface area (Å²) in [5.74, 6) is 0. The highest BCUT2D eigenvalue weighted by Gasteiger charge is 2.25. The van der Waals surface area contributed by atoms with Gasteiger partial charge in [0, 0.05) is 35.5 Å². The average Bonchev–Trinajstić information content (AvgIpc) is 2.43. The van der Waals surface area contributed by atoms with Crippen molar-refractivity contribution in [1.82, 2.24) is 4.90 Å². The minimum Gasteiger partial charge on any atom is -0.329 e. The van der Waals surface area contributed by atoms with Gasteiger partial charge in [0.05, 0.1) is 0 Å². The zero-order valence-corrected chi connectivity index (χ0v) is 9.77. The van der Waals surface area contributed by atoms with Crippen LogP contribution in [0.3, 0.4) is 0 Å². The van der Waals surface area contributed by atoms with E-state index in [1.807, 2.05) is 0 Å². The molecule has 0 radical (unpaired) electrons. The van der Waals surface area contributed by atoms with E-state index in [2.05, 4.69) is 31.6 Å². The number of rotatable bonds is 3. The average molecular weight is 261 g/mol. The molecule has 0 bridgehead atoms. The predicted octanol–water partition coefficient (Wildman–Crippen LogP) is 2.22. The zero-order chi connectivity index (χ0) is 9.26. The van der Waals surface area contributed by atoms with Crippen LogP contribution in [0.2, 0.25) is 0 Å². The van der Waals surface area contributed by atoms with Crippen molar-refractivity contribution < 1.29 is 0 Å². The van der Waals surface area contributed by atoms with Crippen LogP contribution in [0.4, 0.5) is 0 Å². The van der Waals surface area contributed by atoms with Gasteiger partial charge in [0.15, 0.2) is 0 Å². The summed E-state index contributed by atoms with van der Waals surface area (Å²) < 4.78 is 1.21. The molecule has 0 amide bonds. The summed E-state index contributed by atoms with van der Waals surface area (Å²) >= 11 is 5.29. The second-order valence-corrected chi connectivity index (χ2v) is 4.91. The fourth-order valence-corrected chi connectivity index (χ4v) is 3.26. The van der Waals surface area contributed by atoms with Crippen LogP contribution < -0.4 is 5.73 Å². The molecule has 0 aliphatic carbocycles. The maximum absolute atomic E-state index is 5.79. The molecule has 2 heterocycles. The van der Waals surface area contributed by atoms with E-state index in [-0.39, 0.29) is 0 Å². The molecule has 1 atom stereocenters. The second-order valence-electron chi connectivity index (χ2n) is 3.32. The van der Waals surface area contributed by atoms with Gasteiger partial charge in [-0.1, -0.05) is 0 Å². The molecule has 0 aromatic carbocycles. The zero-order valence-electron chi connectivity index (χ0n) is 7.37. The summed E-state index contributed by atoms with van der Waals surface area (Å²) in [5, 5.41) is 4.32. The quantitative estimate of drug-likeness (QED) is 0.904. The fourth-order valence-electron chi connectivity index (χ4n) is 1.65. The van der Waals surface area contributed by atoms with Crippen molar-refractivity contribution in [2.75, 3.05) is 19.6 Å². The maximum atomic E-state index is 5.79. The van der Waals surface area contributed by atoms with Crippen molar-refractivity contribution >= 4 is 27.3 Å². The van der Waals surface area contributed by atoms with Gasteiger partial charge >= 0.3 is 0 Å². The first-order valence-corrected chi connectivity index (χ1v) is 6.22. The Balaban J connectivity index is 2.16. The van der Waals surface area contributed by atoms with Gasteiger partial charge < -0.3 is 5.73 Å². The number of halogens is 1. The Kier molecular flexibility index (Phi) is 3.03. The number of hydrogen-bond donors (Lipinski definition) is 1. The summed E-state index contributed by atoms with van der Waals surface area (Å²) in [7, 11) is 0. The van der Waals surface area contributed by atoms with Crippen LogP contribution in [0.1, 0.15) is 18.0 Å². The van der Waals surface area contributed by atoms with Gasteiger partial charge in [0.25, 0.3) is 0 Å². The molecule has 1 aliphatic heterocycles. The van der Waals surface area contributed by atoms with Crippen molar-refractivity contribution in [3.8, 4) is 0 Å². The van der Waals surface area contributed by atoms with E-state index in [4.69, 9.17) is 5.73 Å². The molecule has 1 aromatic rings. The summed E-state index contributed by atoms with van der Waals surface area (Å²) in [4.78, 5) is 2.44. The van der Waals surface area contributed by atoms with Gasteiger partial charge in [-0.25, -0.2) is 0 Å². The Morgan fingerprint density at radius 2 is 2.31 bits per heavy atom. The van der Waals surface area contributed by atoms with E-state index in [0.717, 1.165) is 6.54 Å². The monoisotopic (exact) mass is 260 g/mol. The van der Waals surface area contributed by atoms with E-state index in [0.29, 0.717) is 6.04 Å². The van der Waals surface area contributed by atoms with Gasteiger partial charge in [0.1, 0.15) is 0 Å². The van der Waals surface area contributed by atoms with E-state index in [9.17, 15) is 0 Å². The van der Waals surface area contributed by atoms with Crippen LogP contribution in [-0.2, 0) is 0 Å². The number of hydrogen-bond acceptors (Lipinski definition) is 3. The molecular weight excluding hydrogens is 248 g/mol. The summed E-state index contributed by atoms with van der Waals surface area (Å²) in [5.41, 5.74) is 7.14. The fraction of sp³-hybridized carbons (Fsp3) is 0.556. The summed E-state index contributed by atoms with van der Waals surface area (Å²) in [6, 6.07) is 0.425. The smallest absolute Gasteiger partial charge is 0.0489 e. The highest BCUT2D eigenvalue weighted by molar-refractivity contribution is 9.10. The third kappa shape index (κ3) is 1.81. The molecule has 0 spiro atoms. The van der Waals surface area contributed by atoms with E-state index in [1.54, 1.807) is 11.3 Å². The lowest BCUT2D eigenvalue weighted by Gasteiger charge is -2.37. The summed E-state index contributed by atoms with van der Waals surface area (Å²) in [6.45, 7) is 3.11. The van der Waals surface area contributed by atoms with Crippen molar-refractivity contribution in [1.29, 1.82) is 0 Å². The molecule has 4 heteroatoms. The van der Waals surface area contributed by atoms with Crippen molar-refractivity contribution in [3.63, 3.8) is 0 Å². The molecule has 1 fully saturated rings. The van der Waals surface area contributed by atoms with E-state index in [1.165, 1.54) is 29.5 Å². The second kappa shape index (κ2) is 4.09. The molecule has 13 heavy (non-hydrogen) atoms. The van der Waals surface area contributed by atoms with Gasteiger partial charge in [0.2, 0.25) is 0 Å². The molecule has 1 aliphatic rings. The molecule has 1 aromatic heterocycles. The number of likely N-dealkylation sites (tertiary alicyclic amines) is 1. The molecular formula is C9H13BrN2S. The molecule has 0 saturated carbocycles. The SMILES string of the molecule is NCC(c1cscc1Br)N1CCC1.